The smallest absolute Gasteiger partial charge is 0.241 e. The number of amides is 1. The number of para-hydroxylation sites is 1. The Balaban J connectivity index is 1.54. The van der Waals surface area contributed by atoms with Gasteiger partial charge in [-0.15, -0.1) is 11.3 Å². The summed E-state index contributed by atoms with van der Waals surface area (Å²) in [6.07, 6.45) is 2.04. The minimum absolute atomic E-state index is 0.114. The van der Waals surface area contributed by atoms with Crippen LogP contribution in [0, 0.1) is 12.7 Å². The molecule has 6 heteroatoms. The molecule has 27 heavy (non-hydrogen) atoms. The molecule has 4 rings (SSSR count). The average Bonchev–Trinajstić information content (AvgIpc) is 3.30. The maximum absolute atomic E-state index is 13.5. The highest BCUT2D eigenvalue weighted by atomic mass is 32.1. The summed E-state index contributed by atoms with van der Waals surface area (Å²) >= 11 is 1.70. The van der Waals surface area contributed by atoms with E-state index in [1.807, 2.05) is 32.0 Å². The maximum Gasteiger partial charge on any atom is 0.241 e. The molecule has 3 aromatic rings. The van der Waals surface area contributed by atoms with Crippen LogP contribution in [0.1, 0.15) is 36.4 Å². The van der Waals surface area contributed by atoms with E-state index in [2.05, 4.69) is 16.3 Å². The van der Waals surface area contributed by atoms with Crippen molar-refractivity contribution in [2.45, 2.75) is 38.8 Å². The largest absolute Gasteiger partial charge is 0.324 e. The second kappa shape index (κ2) is 7.37. The molecule has 1 aliphatic heterocycles. The van der Waals surface area contributed by atoms with Crippen LogP contribution in [-0.2, 0) is 4.79 Å². The number of rotatable bonds is 4. The van der Waals surface area contributed by atoms with Gasteiger partial charge in [-0.25, -0.2) is 9.37 Å². The van der Waals surface area contributed by atoms with E-state index in [1.54, 1.807) is 17.4 Å². The molecule has 0 spiro atoms. The van der Waals surface area contributed by atoms with E-state index >= 15 is 0 Å². The van der Waals surface area contributed by atoms with Gasteiger partial charge >= 0.3 is 0 Å². The summed E-state index contributed by atoms with van der Waals surface area (Å²) in [4.78, 5) is 19.8. The lowest BCUT2D eigenvalue weighted by molar-refractivity contribution is -0.121. The van der Waals surface area contributed by atoms with Gasteiger partial charge in [0, 0.05) is 5.69 Å². The van der Waals surface area contributed by atoms with E-state index in [0.717, 1.165) is 35.5 Å². The Morgan fingerprint density at radius 1 is 1.33 bits per heavy atom. The number of fused-ring (bicyclic) bond motifs is 1. The summed E-state index contributed by atoms with van der Waals surface area (Å²) < 4.78 is 14.7. The van der Waals surface area contributed by atoms with E-state index in [4.69, 9.17) is 4.98 Å². The van der Waals surface area contributed by atoms with Crippen LogP contribution >= 0.6 is 11.3 Å². The number of likely N-dealkylation sites (tertiary alicyclic amines) is 1. The lowest BCUT2D eigenvalue weighted by atomic mass is 10.1. The highest BCUT2D eigenvalue weighted by molar-refractivity contribution is 7.18. The molecule has 2 aromatic carbocycles. The zero-order valence-electron chi connectivity index (χ0n) is 15.4. The van der Waals surface area contributed by atoms with Crippen LogP contribution in [0.25, 0.3) is 10.2 Å². The van der Waals surface area contributed by atoms with Crippen molar-refractivity contribution in [2.24, 2.45) is 0 Å². The van der Waals surface area contributed by atoms with E-state index in [0.29, 0.717) is 5.69 Å². The molecule has 1 aromatic heterocycles. The number of anilines is 1. The Morgan fingerprint density at radius 2 is 2.15 bits per heavy atom. The van der Waals surface area contributed by atoms with Crippen LogP contribution < -0.4 is 5.32 Å². The maximum atomic E-state index is 13.5. The molecule has 1 N–H and O–H groups in total. The summed E-state index contributed by atoms with van der Waals surface area (Å²) in [5.74, 6) is -0.464. The second-order valence-corrected chi connectivity index (χ2v) is 8.10. The zero-order chi connectivity index (χ0) is 19.0. The Labute approximate surface area is 162 Å². The molecule has 0 bridgehead atoms. The van der Waals surface area contributed by atoms with Gasteiger partial charge in [0.05, 0.1) is 22.3 Å². The van der Waals surface area contributed by atoms with Gasteiger partial charge in [0.15, 0.2) is 0 Å². The second-order valence-electron chi connectivity index (χ2n) is 7.04. The number of benzene rings is 2. The van der Waals surface area contributed by atoms with E-state index in [1.165, 1.54) is 16.8 Å². The zero-order valence-corrected chi connectivity index (χ0v) is 16.2. The van der Waals surface area contributed by atoms with Crippen LogP contribution in [0.15, 0.2) is 42.5 Å². The molecule has 0 saturated carbocycles. The Kier molecular flexibility index (Phi) is 4.93. The van der Waals surface area contributed by atoms with Crippen molar-refractivity contribution in [2.75, 3.05) is 11.9 Å². The van der Waals surface area contributed by atoms with Crippen molar-refractivity contribution in [1.29, 1.82) is 0 Å². The number of nitrogens with one attached hydrogen (secondary N) is 1. The quantitative estimate of drug-likeness (QED) is 0.696. The molecule has 2 unspecified atom stereocenters. The number of thiazole rings is 1. The van der Waals surface area contributed by atoms with Crippen molar-refractivity contribution in [1.82, 2.24) is 9.88 Å². The van der Waals surface area contributed by atoms with E-state index in [9.17, 15) is 9.18 Å². The molecule has 2 atom stereocenters. The Bertz CT molecular complexity index is 953. The molecule has 2 heterocycles. The number of nitrogens with zero attached hydrogens (tertiary/aromatic N) is 2. The number of halogens is 1. The first-order valence-electron chi connectivity index (χ1n) is 9.21. The summed E-state index contributed by atoms with van der Waals surface area (Å²) in [5.41, 5.74) is 2.39. The third-order valence-corrected chi connectivity index (χ3v) is 6.36. The fourth-order valence-electron chi connectivity index (χ4n) is 3.67. The summed E-state index contributed by atoms with van der Waals surface area (Å²) in [7, 11) is 0. The van der Waals surface area contributed by atoms with E-state index in [-0.39, 0.29) is 23.8 Å². The molecular formula is C21H22FN3OS. The van der Waals surface area contributed by atoms with Gasteiger partial charge in [-0.3, -0.25) is 9.69 Å². The highest BCUT2D eigenvalue weighted by Gasteiger charge is 2.34. The van der Waals surface area contributed by atoms with Crippen LogP contribution in [0.2, 0.25) is 0 Å². The number of aromatic nitrogens is 1. The predicted octanol–water partition coefficient (Wildman–Crippen LogP) is 4.91. The summed E-state index contributed by atoms with van der Waals surface area (Å²) in [5, 5.41) is 3.95. The summed E-state index contributed by atoms with van der Waals surface area (Å²) in [6, 6.07) is 12.4. The van der Waals surface area contributed by atoms with Gasteiger partial charge in [-0.2, -0.15) is 0 Å². The van der Waals surface area contributed by atoms with Gasteiger partial charge < -0.3 is 5.32 Å². The van der Waals surface area contributed by atoms with Gasteiger partial charge in [-0.05, 0) is 63.1 Å². The van der Waals surface area contributed by atoms with Gasteiger partial charge in [0.25, 0.3) is 0 Å². The van der Waals surface area contributed by atoms with Gasteiger partial charge in [0.1, 0.15) is 10.8 Å². The SMILES string of the molecule is Cc1ccc(F)cc1NC(=O)C(C)N1CCCC1c1nc2ccccc2s1. The molecule has 1 amide bonds. The van der Waals surface area contributed by atoms with Gasteiger partial charge in [0.2, 0.25) is 5.91 Å². The van der Waals surface area contributed by atoms with Gasteiger partial charge in [-0.1, -0.05) is 18.2 Å². The Morgan fingerprint density at radius 3 is 2.96 bits per heavy atom. The van der Waals surface area contributed by atoms with Crippen molar-refractivity contribution >= 4 is 33.1 Å². The lowest BCUT2D eigenvalue weighted by Gasteiger charge is -2.28. The number of hydrogen-bond donors (Lipinski definition) is 1. The molecule has 1 aliphatic rings. The van der Waals surface area contributed by atoms with Crippen LogP contribution in [0.5, 0.6) is 0 Å². The fraction of sp³-hybridized carbons (Fsp3) is 0.333. The molecule has 140 valence electrons. The molecule has 1 saturated heterocycles. The minimum Gasteiger partial charge on any atom is -0.324 e. The number of aryl methyl sites for hydroxylation is 1. The highest BCUT2D eigenvalue weighted by Crippen LogP contribution is 2.37. The van der Waals surface area contributed by atoms with Crippen LogP contribution in [0.4, 0.5) is 10.1 Å². The van der Waals surface area contributed by atoms with Crippen LogP contribution in [-0.4, -0.2) is 28.4 Å². The minimum atomic E-state index is -0.350. The predicted molar refractivity (Wildman–Crippen MR) is 108 cm³/mol. The molecule has 0 aliphatic carbocycles. The third kappa shape index (κ3) is 3.59. The van der Waals surface area contributed by atoms with Crippen molar-refractivity contribution in [3.8, 4) is 0 Å². The number of hydrogen-bond acceptors (Lipinski definition) is 4. The lowest BCUT2D eigenvalue weighted by Crippen LogP contribution is -2.41. The first kappa shape index (κ1) is 18.1. The molecule has 4 nitrogen and oxygen atoms in total. The standard InChI is InChI=1S/C21H22FN3OS/c1-13-9-10-15(22)12-17(13)23-20(26)14(2)25-11-5-7-18(25)21-24-16-6-3-4-8-19(16)27-21/h3-4,6,8-10,12,14,18H,5,7,11H2,1-2H3,(H,23,26). The number of carbonyl (C=O) groups is 1. The average molecular weight is 383 g/mol. The van der Waals surface area contributed by atoms with Crippen molar-refractivity contribution in [3.63, 3.8) is 0 Å². The first-order valence-corrected chi connectivity index (χ1v) is 10.0. The Hall–Kier alpha value is -2.31. The monoisotopic (exact) mass is 383 g/mol. The third-order valence-electron chi connectivity index (χ3n) is 5.22. The topological polar surface area (TPSA) is 45.2 Å². The normalized spacial score (nSPS) is 18.7. The molecular weight excluding hydrogens is 361 g/mol. The fourth-order valence-corrected chi connectivity index (χ4v) is 4.79. The van der Waals surface area contributed by atoms with Crippen LogP contribution in [0.3, 0.4) is 0 Å². The summed E-state index contributed by atoms with van der Waals surface area (Å²) in [6.45, 7) is 4.63. The molecule has 0 radical (unpaired) electrons. The van der Waals surface area contributed by atoms with E-state index < -0.39 is 0 Å². The van der Waals surface area contributed by atoms with Crippen molar-refractivity contribution in [3.05, 3.63) is 58.9 Å². The molecule has 1 fully saturated rings. The van der Waals surface area contributed by atoms with Crippen molar-refractivity contribution < 1.29 is 9.18 Å². The first-order chi connectivity index (χ1) is 13.0. The number of carbonyl (C=O) groups excluding carboxylic acids is 1.